The number of nitrogens with one attached hydrogen (secondary N) is 1. The maximum Gasteiger partial charge on any atom is 0.294 e. The molecular weight excluding hydrogens is 354 g/mol. The number of rotatable bonds is 5. The second-order valence-corrected chi connectivity index (χ2v) is 6.48. The predicted molar refractivity (Wildman–Crippen MR) is 102 cm³/mol. The van der Waals surface area contributed by atoms with E-state index >= 15 is 0 Å². The summed E-state index contributed by atoms with van der Waals surface area (Å²) in [6.45, 7) is 1.61. The van der Waals surface area contributed by atoms with Crippen molar-refractivity contribution in [2.75, 3.05) is 25.0 Å². The van der Waals surface area contributed by atoms with Gasteiger partial charge in [-0.05, 0) is 29.7 Å². The molecule has 1 N–H and O–H groups in total. The summed E-state index contributed by atoms with van der Waals surface area (Å²) in [6, 6.07) is 14.3. The quantitative estimate of drug-likeness (QED) is 0.637. The third kappa shape index (κ3) is 4.47. The van der Waals surface area contributed by atoms with E-state index in [1.165, 1.54) is 29.3 Å². The van der Waals surface area contributed by atoms with E-state index in [2.05, 4.69) is 23.5 Å². The van der Waals surface area contributed by atoms with E-state index in [4.69, 9.17) is 11.6 Å². The van der Waals surface area contributed by atoms with E-state index in [1.807, 2.05) is 23.1 Å². The number of nitro groups is 1. The van der Waals surface area contributed by atoms with Crippen LogP contribution in [-0.2, 0) is 4.79 Å². The minimum absolute atomic E-state index is 0.155. The molecule has 2 aromatic rings. The first-order chi connectivity index (χ1) is 12.5. The Morgan fingerprint density at radius 2 is 2.00 bits per heavy atom. The van der Waals surface area contributed by atoms with Gasteiger partial charge in [-0.25, -0.2) is 0 Å². The minimum atomic E-state index is -0.558. The lowest BCUT2D eigenvalue weighted by Gasteiger charge is -2.25. The van der Waals surface area contributed by atoms with Gasteiger partial charge in [0.2, 0.25) is 5.91 Å². The third-order valence-corrected chi connectivity index (χ3v) is 4.47. The van der Waals surface area contributed by atoms with Crippen molar-refractivity contribution in [2.24, 2.45) is 0 Å². The molecule has 0 aliphatic carbocycles. The van der Waals surface area contributed by atoms with E-state index in [1.54, 1.807) is 0 Å². The van der Waals surface area contributed by atoms with Crippen molar-refractivity contribution in [1.82, 2.24) is 4.90 Å². The van der Waals surface area contributed by atoms with Crippen LogP contribution in [0.4, 0.5) is 11.4 Å². The van der Waals surface area contributed by atoms with Crippen LogP contribution in [0.3, 0.4) is 0 Å². The lowest BCUT2D eigenvalue weighted by Crippen LogP contribution is -2.36. The van der Waals surface area contributed by atoms with Gasteiger partial charge in [-0.15, -0.1) is 0 Å². The first kappa shape index (κ1) is 18.1. The topological polar surface area (TPSA) is 75.5 Å². The van der Waals surface area contributed by atoms with Gasteiger partial charge in [-0.2, -0.15) is 0 Å². The van der Waals surface area contributed by atoms with Crippen LogP contribution in [0, 0.1) is 10.1 Å². The van der Waals surface area contributed by atoms with Crippen LogP contribution in [0.5, 0.6) is 0 Å². The predicted octanol–water partition coefficient (Wildman–Crippen LogP) is 3.98. The van der Waals surface area contributed by atoms with Crippen LogP contribution in [0.15, 0.2) is 54.6 Å². The minimum Gasteiger partial charge on any atom is -0.319 e. The van der Waals surface area contributed by atoms with E-state index < -0.39 is 4.92 Å². The van der Waals surface area contributed by atoms with Gasteiger partial charge in [0, 0.05) is 24.2 Å². The summed E-state index contributed by atoms with van der Waals surface area (Å²) in [6.07, 6.45) is 2.98. The van der Waals surface area contributed by atoms with Gasteiger partial charge in [-0.1, -0.05) is 48.0 Å². The Kier molecular flexibility index (Phi) is 5.65. The molecule has 0 saturated heterocycles. The monoisotopic (exact) mass is 371 g/mol. The van der Waals surface area contributed by atoms with Crippen LogP contribution in [0.25, 0.3) is 5.57 Å². The van der Waals surface area contributed by atoms with Gasteiger partial charge in [0.05, 0.1) is 11.5 Å². The molecule has 0 spiro atoms. The van der Waals surface area contributed by atoms with E-state index in [0.717, 1.165) is 13.0 Å². The number of nitrogens with zero attached hydrogens (tertiary/aromatic N) is 2. The summed E-state index contributed by atoms with van der Waals surface area (Å²) in [5.41, 5.74) is 2.42. The molecule has 1 aliphatic rings. The molecule has 0 radical (unpaired) electrons. The van der Waals surface area contributed by atoms with Crippen LogP contribution < -0.4 is 5.32 Å². The van der Waals surface area contributed by atoms with Gasteiger partial charge in [0.15, 0.2) is 0 Å². The fourth-order valence-electron chi connectivity index (χ4n) is 2.92. The van der Waals surface area contributed by atoms with Crippen molar-refractivity contribution in [2.45, 2.75) is 6.42 Å². The lowest BCUT2D eigenvalue weighted by atomic mass is 10.00. The molecule has 6 nitrogen and oxygen atoms in total. The highest BCUT2D eigenvalue weighted by atomic mass is 35.5. The number of nitro benzene ring substituents is 1. The molecule has 3 rings (SSSR count). The second-order valence-electron chi connectivity index (χ2n) is 6.05. The zero-order valence-electron chi connectivity index (χ0n) is 14.0. The Morgan fingerprint density at radius 3 is 2.65 bits per heavy atom. The summed E-state index contributed by atoms with van der Waals surface area (Å²) in [4.78, 5) is 24.8. The van der Waals surface area contributed by atoms with Gasteiger partial charge < -0.3 is 5.32 Å². The van der Waals surface area contributed by atoms with Gasteiger partial charge in [-0.3, -0.25) is 19.8 Å². The highest BCUT2D eigenvalue weighted by Gasteiger charge is 2.19. The molecule has 1 aliphatic heterocycles. The van der Waals surface area contributed by atoms with Crippen molar-refractivity contribution in [3.8, 4) is 0 Å². The molecule has 134 valence electrons. The molecule has 0 unspecified atom stereocenters. The number of hydrogen-bond acceptors (Lipinski definition) is 4. The fourth-order valence-corrected chi connectivity index (χ4v) is 3.09. The summed E-state index contributed by atoms with van der Waals surface area (Å²) < 4.78 is 0. The number of hydrogen-bond donors (Lipinski definition) is 1. The summed E-state index contributed by atoms with van der Waals surface area (Å²) in [7, 11) is 0. The molecule has 2 aromatic carbocycles. The van der Waals surface area contributed by atoms with Crippen molar-refractivity contribution in [1.29, 1.82) is 0 Å². The normalized spacial score (nSPS) is 14.6. The SMILES string of the molecule is O=C(CN1CC=C(c2ccccc2)CC1)Nc1ccc(Cl)cc1[N+](=O)[O-]. The van der Waals surface area contributed by atoms with E-state index in [9.17, 15) is 14.9 Å². The molecule has 0 bridgehead atoms. The van der Waals surface area contributed by atoms with Crippen LogP contribution in [-0.4, -0.2) is 35.4 Å². The van der Waals surface area contributed by atoms with Crippen molar-refractivity contribution in [3.05, 3.63) is 75.3 Å². The third-order valence-electron chi connectivity index (χ3n) is 4.24. The summed E-state index contributed by atoms with van der Waals surface area (Å²) in [5, 5.41) is 14.0. The molecule has 0 saturated carbocycles. The molecule has 1 amide bonds. The zero-order valence-corrected chi connectivity index (χ0v) is 14.8. The summed E-state index contributed by atoms with van der Waals surface area (Å²) >= 11 is 5.79. The Balaban J connectivity index is 1.60. The molecule has 0 fully saturated rings. The highest BCUT2D eigenvalue weighted by Crippen LogP contribution is 2.28. The van der Waals surface area contributed by atoms with Crippen molar-refractivity contribution in [3.63, 3.8) is 0 Å². The van der Waals surface area contributed by atoms with E-state index in [0.29, 0.717) is 6.54 Å². The number of halogens is 1. The van der Waals surface area contributed by atoms with Gasteiger partial charge >= 0.3 is 0 Å². The Labute approximate surface area is 156 Å². The van der Waals surface area contributed by atoms with Crippen molar-refractivity contribution < 1.29 is 9.72 Å². The number of anilines is 1. The Bertz CT molecular complexity index is 852. The maximum absolute atomic E-state index is 12.3. The van der Waals surface area contributed by atoms with E-state index in [-0.39, 0.29) is 28.8 Å². The van der Waals surface area contributed by atoms with Crippen LogP contribution in [0.1, 0.15) is 12.0 Å². The Morgan fingerprint density at radius 1 is 1.23 bits per heavy atom. The van der Waals surface area contributed by atoms with Crippen LogP contribution in [0.2, 0.25) is 5.02 Å². The average molecular weight is 372 g/mol. The van der Waals surface area contributed by atoms with Crippen molar-refractivity contribution >= 4 is 34.5 Å². The fraction of sp³-hybridized carbons (Fsp3) is 0.211. The first-order valence-corrected chi connectivity index (χ1v) is 8.61. The van der Waals surface area contributed by atoms with Gasteiger partial charge in [0.25, 0.3) is 5.69 Å². The molecule has 1 heterocycles. The standard InChI is InChI=1S/C19H18ClN3O3/c20-16-6-7-17(18(12-16)23(25)26)21-19(24)13-22-10-8-15(9-11-22)14-4-2-1-3-5-14/h1-8,12H,9-11,13H2,(H,21,24). The number of benzene rings is 2. The molecule has 26 heavy (non-hydrogen) atoms. The lowest BCUT2D eigenvalue weighted by molar-refractivity contribution is -0.383. The maximum atomic E-state index is 12.3. The first-order valence-electron chi connectivity index (χ1n) is 8.23. The van der Waals surface area contributed by atoms with Gasteiger partial charge in [0.1, 0.15) is 5.69 Å². The zero-order chi connectivity index (χ0) is 18.5. The average Bonchev–Trinajstić information content (AvgIpc) is 2.64. The highest BCUT2D eigenvalue weighted by molar-refractivity contribution is 6.31. The number of amides is 1. The number of carbonyl (C=O) groups excluding carboxylic acids is 1. The Hall–Kier alpha value is -2.70. The van der Waals surface area contributed by atoms with Crippen LogP contribution >= 0.6 is 11.6 Å². The second kappa shape index (κ2) is 8.12. The smallest absolute Gasteiger partial charge is 0.294 e. The molecule has 0 aromatic heterocycles. The molecule has 7 heteroatoms. The number of carbonyl (C=O) groups is 1. The molecule has 0 atom stereocenters. The molecular formula is C19H18ClN3O3. The largest absolute Gasteiger partial charge is 0.319 e. The summed E-state index contributed by atoms with van der Waals surface area (Å²) in [5.74, 6) is -0.285.